The van der Waals surface area contributed by atoms with Crippen molar-refractivity contribution in [1.82, 2.24) is 19.5 Å². The van der Waals surface area contributed by atoms with Crippen LogP contribution in [0.15, 0.2) is 79.0 Å². The zero-order valence-electron chi connectivity index (χ0n) is 17.7. The zero-order chi connectivity index (χ0) is 21.8. The molecule has 162 valence electrons. The van der Waals surface area contributed by atoms with E-state index >= 15 is 0 Å². The van der Waals surface area contributed by atoms with E-state index in [0.29, 0.717) is 23.9 Å². The van der Waals surface area contributed by atoms with Gasteiger partial charge >= 0.3 is 0 Å². The molecule has 7 heteroatoms. The van der Waals surface area contributed by atoms with Crippen LogP contribution in [0, 0.1) is 0 Å². The number of amides is 1. The van der Waals surface area contributed by atoms with Gasteiger partial charge < -0.3 is 10.1 Å². The van der Waals surface area contributed by atoms with Crippen molar-refractivity contribution in [2.75, 3.05) is 25.0 Å². The largest absolute Gasteiger partial charge is 0.455 e. The van der Waals surface area contributed by atoms with Gasteiger partial charge in [-0.3, -0.25) is 14.1 Å². The fraction of sp³-hybridized carbons (Fsp3) is 0.240. The molecule has 0 spiro atoms. The van der Waals surface area contributed by atoms with Gasteiger partial charge in [0.1, 0.15) is 11.6 Å². The highest BCUT2D eigenvalue weighted by Crippen LogP contribution is 2.30. The Balaban J connectivity index is 1.17. The summed E-state index contributed by atoms with van der Waals surface area (Å²) in [7, 11) is 0. The molecule has 32 heavy (non-hydrogen) atoms. The number of carbonyl (C=O) groups is 1. The molecular weight excluding hydrogens is 402 g/mol. The van der Waals surface area contributed by atoms with Gasteiger partial charge in [0.15, 0.2) is 11.4 Å². The SMILES string of the molecule is O=C(CN1CCC(c2nnc3ccccn23)CC1)Nc1ccccc1Oc1ccccc1. The number of ether oxygens (including phenoxy) is 1. The Hall–Kier alpha value is -3.71. The number of carbonyl (C=O) groups excluding carboxylic acids is 1. The van der Waals surface area contributed by atoms with Crippen molar-refractivity contribution in [2.45, 2.75) is 18.8 Å². The van der Waals surface area contributed by atoms with Gasteiger partial charge in [0, 0.05) is 12.1 Å². The van der Waals surface area contributed by atoms with Crippen LogP contribution in [0.4, 0.5) is 5.69 Å². The molecule has 2 aromatic carbocycles. The number of aromatic nitrogens is 3. The first-order valence-corrected chi connectivity index (χ1v) is 10.9. The topological polar surface area (TPSA) is 71.8 Å². The molecule has 5 rings (SSSR count). The van der Waals surface area contributed by atoms with Crippen LogP contribution in [-0.2, 0) is 4.79 Å². The van der Waals surface area contributed by atoms with Crippen molar-refractivity contribution in [3.63, 3.8) is 0 Å². The number of likely N-dealkylation sites (tertiary alicyclic amines) is 1. The number of pyridine rings is 1. The van der Waals surface area contributed by atoms with Crippen LogP contribution in [0.25, 0.3) is 5.65 Å². The van der Waals surface area contributed by atoms with Crippen molar-refractivity contribution < 1.29 is 9.53 Å². The summed E-state index contributed by atoms with van der Waals surface area (Å²) in [5.74, 6) is 2.69. The molecular formula is C25H25N5O2. The van der Waals surface area contributed by atoms with E-state index in [4.69, 9.17) is 4.74 Å². The van der Waals surface area contributed by atoms with Gasteiger partial charge in [0.25, 0.3) is 0 Å². The summed E-state index contributed by atoms with van der Waals surface area (Å²) < 4.78 is 8.01. The molecule has 0 bridgehead atoms. The van der Waals surface area contributed by atoms with Crippen molar-refractivity contribution in [2.24, 2.45) is 0 Å². The van der Waals surface area contributed by atoms with E-state index in [1.165, 1.54) is 0 Å². The summed E-state index contributed by atoms with van der Waals surface area (Å²) in [6, 6.07) is 23.0. The number of anilines is 1. The fourth-order valence-corrected chi connectivity index (χ4v) is 4.15. The Morgan fingerprint density at radius 1 is 0.938 bits per heavy atom. The van der Waals surface area contributed by atoms with E-state index in [-0.39, 0.29) is 5.91 Å². The second-order valence-electron chi connectivity index (χ2n) is 8.00. The second kappa shape index (κ2) is 9.20. The van der Waals surface area contributed by atoms with Crippen LogP contribution < -0.4 is 10.1 Å². The van der Waals surface area contributed by atoms with Crippen molar-refractivity contribution in [3.8, 4) is 11.5 Å². The molecule has 4 aromatic rings. The molecule has 1 amide bonds. The lowest BCUT2D eigenvalue weighted by Gasteiger charge is -2.30. The summed E-state index contributed by atoms with van der Waals surface area (Å²) in [5.41, 5.74) is 1.55. The Bertz CT molecular complexity index is 1200. The average molecular weight is 428 g/mol. The molecule has 1 N–H and O–H groups in total. The minimum absolute atomic E-state index is 0.0412. The first-order chi connectivity index (χ1) is 15.8. The predicted octanol–water partition coefficient (Wildman–Crippen LogP) is 4.34. The lowest BCUT2D eigenvalue weighted by molar-refractivity contribution is -0.117. The highest BCUT2D eigenvalue weighted by Gasteiger charge is 2.25. The van der Waals surface area contributed by atoms with E-state index in [2.05, 4.69) is 24.8 Å². The molecule has 0 aliphatic carbocycles. The van der Waals surface area contributed by atoms with Crippen LogP contribution >= 0.6 is 0 Å². The highest BCUT2D eigenvalue weighted by molar-refractivity contribution is 5.93. The van der Waals surface area contributed by atoms with Gasteiger partial charge in [-0.2, -0.15) is 0 Å². The molecule has 0 radical (unpaired) electrons. The number of piperidine rings is 1. The maximum atomic E-state index is 12.7. The first-order valence-electron chi connectivity index (χ1n) is 10.9. The third-order valence-corrected chi connectivity index (χ3v) is 5.79. The molecule has 3 heterocycles. The number of nitrogens with one attached hydrogen (secondary N) is 1. The monoisotopic (exact) mass is 427 g/mol. The summed E-state index contributed by atoms with van der Waals surface area (Å²) in [4.78, 5) is 14.9. The quantitative estimate of drug-likeness (QED) is 0.496. The number of para-hydroxylation sites is 3. The van der Waals surface area contributed by atoms with E-state index in [0.717, 1.165) is 43.2 Å². The lowest BCUT2D eigenvalue weighted by atomic mass is 9.96. The Labute approximate surface area is 186 Å². The van der Waals surface area contributed by atoms with E-state index in [9.17, 15) is 4.79 Å². The van der Waals surface area contributed by atoms with Crippen LogP contribution in [0.2, 0.25) is 0 Å². The molecule has 0 atom stereocenters. The lowest BCUT2D eigenvalue weighted by Crippen LogP contribution is -2.39. The Morgan fingerprint density at radius 3 is 2.53 bits per heavy atom. The minimum atomic E-state index is -0.0412. The van der Waals surface area contributed by atoms with Gasteiger partial charge in [0.05, 0.1) is 12.2 Å². The standard InChI is InChI=1S/C25H25N5O2/c31-24(26-21-10-4-5-11-22(21)32-20-8-2-1-3-9-20)18-29-16-13-19(14-17-29)25-28-27-23-12-6-7-15-30(23)25/h1-12,15,19H,13-14,16-18H2,(H,26,31). The minimum Gasteiger partial charge on any atom is -0.455 e. The third-order valence-electron chi connectivity index (χ3n) is 5.79. The van der Waals surface area contributed by atoms with E-state index in [1.807, 2.05) is 79.0 Å². The zero-order valence-corrected chi connectivity index (χ0v) is 17.7. The smallest absolute Gasteiger partial charge is 0.238 e. The highest BCUT2D eigenvalue weighted by atomic mass is 16.5. The molecule has 2 aromatic heterocycles. The van der Waals surface area contributed by atoms with Crippen LogP contribution in [-0.4, -0.2) is 45.0 Å². The molecule has 1 aliphatic heterocycles. The van der Waals surface area contributed by atoms with Gasteiger partial charge in [-0.1, -0.05) is 36.4 Å². The molecule has 0 unspecified atom stereocenters. The normalized spacial score (nSPS) is 15.0. The summed E-state index contributed by atoms with van der Waals surface area (Å²) in [5, 5.41) is 11.7. The first kappa shape index (κ1) is 20.2. The van der Waals surface area contributed by atoms with Crippen molar-refractivity contribution in [3.05, 3.63) is 84.8 Å². The number of benzene rings is 2. The number of nitrogens with zero attached hydrogens (tertiary/aromatic N) is 4. The molecule has 1 aliphatic rings. The van der Waals surface area contributed by atoms with Crippen LogP contribution in [0.5, 0.6) is 11.5 Å². The number of rotatable bonds is 6. The third kappa shape index (κ3) is 4.48. The molecule has 7 nitrogen and oxygen atoms in total. The van der Waals surface area contributed by atoms with Gasteiger partial charge in [0.2, 0.25) is 5.91 Å². The van der Waals surface area contributed by atoms with E-state index in [1.54, 1.807) is 0 Å². The average Bonchev–Trinajstić information content (AvgIpc) is 3.26. The number of hydrogen-bond acceptors (Lipinski definition) is 5. The summed E-state index contributed by atoms with van der Waals surface area (Å²) in [6.45, 7) is 2.05. The molecule has 0 saturated carbocycles. The Kier molecular flexibility index (Phi) is 5.81. The summed E-state index contributed by atoms with van der Waals surface area (Å²) >= 11 is 0. The van der Waals surface area contributed by atoms with Crippen molar-refractivity contribution >= 4 is 17.2 Å². The van der Waals surface area contributed by atoms with Crippen molar-refractivity contribution in [1.29, 1.82) is 0 Å². The van der Waals surface area contributed by atoms with Gasteiger partial charge in [-0.25, -0.2) is 0 Å². The van der Waals surface area contributed by atoms with Gasteiger partial charge in [-0.05, 0) is 62.3 Å². The summed E-state index contributed by atoms with van der Waals surface area (Å²) in [6.07, 6.45) is 3.92. The fourth-order valence-electron chi connectivity index (χ4n) is 4.15. The molecule has 1 saturated heterocycles. The van der Waals surface area contributed by atoms with Crippen LogP contribution in [0.1, 0.15) is 24.6 Å². The van der Waals surface area contributed by atoms with Gasteiger partial charge in [-0.15, -0.1) is 10.2 Å². The number of fused-ring (bicyclic) bond motifs is 1. The number of hydrogen-bond donors (Lipinski definition) is 1. The maximum absolute atomic E-state index is 12.7. The Morgan fingerprint density at radius 2 is 1.69 bits per heavy atom. The maximum Gasteiger partial charge on any atom is 0.238 e. The predicted molar refractivity (Wildman–Crippen MR) is 123 cm³/mol. The second-order valence-corrected chi connectivity index (χ2v) is 8.00. The van der Waals surface area contributed by atoms with E-state index < -0.39 is 0 Å². The van der Waals surface area contributed by atoms with Crippen LogP contribution in [0.3, 0.4) is 0 Å². The molecule has 1 fully saturated rings.